The average molecular weight is 289 g/mol. The molecule has 1 unspecified atom stereocenters. The highest BCUT2D eigenvalue weighted by Gasteiger charge is 2.29. The van der Waals surface area contributed by atoms with Crippen LogP contribution in [0.2, 0.25) is 0 Å². The summed E-state index contributed by atoms with van der Waals surface area (Å²) in [4.78, 5) is 26.7. The molecule has 1 rings (SSSR count). The SMILES string of the molecule is CC(C)C(=O)OCO/N=[N+](\[O-])N1CCCC(C(=O)O)C1. The fourth-order valence-corrected chi connectivity index (χ4v) is 1.69. The third kappa shape index (κ3) is 4.90. The zero-order chi connectivity index (χ0) is 15.1. The minimum absolute atomic E-state index is 0.0808. The molecule has 0 spiro atoms. The minimum Gasteiger partial charge on any atom is -0.569 e. The first-order valence-corrected chi connectivity index (χ1v) is 6.36. The molecular weight excluding hydrogens is 270 g/mol. The fraction of sp³-hybridized carbons (Fsp3) is 0.818. The molecule has 1 aliphatic heterocycles. The Bertz CT molecular complexity index is 384. The number of hydrogen-bond acceptors (Lipinski definition) is 6. The molecule has 1 fully saturated rings. The highest BCUT2D eigenvalue weighted by atomic mass is 16.8. The van der Waals surface area contributed by atoms with Gasteiger partial charge in [-0.25, -0.2) is 0 Å². The van der Waals surface area contributed by atoms with Crippen molar-refractivity contribution in [2.75, 3.05) is 19.9 Å². The fourth-order valence-electron chi connectivity index (χ4n) is 1.69. The van der Waals surface area contributed by atoms with E-state index >= 15 is 0 Å². The Labute approximate surface area is 116 Å². The lowest BCUT2D eigenvalue weighted by Crippen LogP contribution is -2.42. The van der Waals surface area contributed by atoms with Gasteiger partial charge < -0.3 is 19.9 Å². The molecule has 0 bridgehead atoms. The highest BCUT2D eigenvalue weighted by Crippen LogP contribution is 2.16. The number of aliphatic carboxylic acids is 1. The van der Waals surface area contributed by atoms with Crippen molar-refractivity contribution in [3.63, 3.8) is 0 Å². The van der Waals surface area contributed by atoms with Crippen molar-refractivity contribution < 1.29 is 29.2 Å². The molecule has 1 N–H and O–H groups in total. The van der Waals surface area contributed by atoms with Crippen LogP contribution in [0.3, 0.4) is 0 Å². The van der Waals surface area contributed by atoms with Crippen molar-refractivity contribution in [2.45, 2.75) is 26.7 Å². The van der Waals surface area contributed by atoms with E-state index in [0.717, 1.165) is 0 Å². The Morgan fingerprint density at radius 3 is 2.85 bits per heavy atom. The third-order valence-electron chi connectivity index (χ3n) is 2.84. The van der Waals surface area contributed by atoms with Crippen LogP contribution in [0.1, 0.15) is 26.7 Å². The second-order valence-corrected chi connectivity index (χ2v) is 4.79. The maximum atomic E-state index is 11.6. The summed E-state index contributed by atoms with van der Waals surface area (Å²) in [6.45, 7) is 3.37. The van der Waals surface area contributed by atoms with Crippen molar-refractivity contribution in [2.24, 2.45) is 17.1 Å². The van der Waals surface area contributed by atoms with E-state index in [2.05, 4.69) is 14.9 Å². The van der Waals surface area contributed by atoms with Gasteiger partial charge in [0.1, 0.15) is 0 Å². The molecular formula is C11H19N3O6. The standard InChI is InChI=1S/C11H19N3O6/c1-8(2)11(17)19-7-20-12-14(18)13-5-3-4-9(6-13)10(15)16/h8-9H,3-7H2,1-2H3,(H,15,16)/b14-12-. The van der Waals surface area contributed by atoms with Crippen LogP contribution in [0.15, 0.2) is 5.28 Å². The van der Waals surface area contributed by atoms with Crippen LogP contribution in [-0.4, -0.2) is 46.9 Å². The van der Waals surface area contributed by atoms with Gasteiger partial charge in [-0.1, -0.05) is 13.8 Å². The summed E-state index contributed by atoms with van der Waals surface area (Å²) in [6, 6.07) is 0. The number of carbonyl (C=O) groups excluding carboxylic acids is 1. The molecule has 0 amide bonds. The first-order chi connectivity index (χ1) is 9.41. The van der Waals surface area contributed by atoms with Crippen molar-refractivity contribution >= 4 is 11.9 Å². The largest absolute Gasteiger partial charge is 0.569 e. The van der Waals surface area contributed by atoms with Crippen molar-refractivity contribution in [3.8, 4) is 0 Å². The van der Waals surface area contributed by atoms with E-state index in [1.807, 2.05) is 0 Å². The molecule has 1 atom stereocenters. The Balaban J connectivity index is 2.37. The van der Waals surface area contributed by atoms with Gasteiger partial charge in [0.2, 0.25) is 5.28 Å². The zero-order valence-electron chi connectivity index (χ0n) is 11.5. The molecule has 20 heavy (non-hydrogen) atoms. The summed E-state index contributed by atoms with van der Waals surface area (Å²) >= 11 is 0. The zero-order valence-corrected chi connectivity index (χ0v) is 11.5. The first kappa shape index (κ1) is 16.0. The number of hydrogen-bond donors (Lipinski definition) is 1. The number of nitrogens with zero attached hydrogens (tertiary/aromatic N) is 3. The lowest BCUT2D eigenvalue weighted by molar-refractivity contribution is -0.714. The van der Waals surface area contributed by atoms with Crippen molar-refractivity contribution in [1.29, 1.82) is 0 Å². The van der Waals surface area contributed by atoms with Gasteiger partial charge in [-0.3, -0.25) is 9.59 Å². The van der Waals surface area contributed by atoms with Crippen LogP contribution in [0.5, 0.6) is 0 Å². The number of ether oxygens (including phenoxy) is 1. The quantitative estimate of drug-likeness (QED) is 0.191. The van der Waals surface area contributed by atoms with Gasteiger partial charge >= 0.3 is 11.9 Å². The smallest absolute Gasteiger partial charge is 0.311 e. The molecule has 1 aliphatic rings. The summed E-state index contributed by atoms with van der Waals surface area (Å²) in [5, 5.41) is 24.9. The summed E-state index contributed by atoms with van der Waals surface area (Å²) < 4.78 is 4.67. The Morgan fingerprint density at radius 2 is 2.25 bits per heavy atom. The summed E-state index contributed by atoms with van der Waals surface area (Å²) in [5.41, 5.74) is 0. The number of carboxylic acid groups (broad SMARTS) is 1. The number of carbonyl (C=O) groups is 2. The van der Waals surface area contributed by atoms with Crippen LogP contribution in [0.25, 0.3) is 0 Å². The number of carboxylic acids is 1. The van der Waals surface area contributed by atoms with Gasteiger partial charge in [-0.2, -0.15) is 0 Å². The van der Waals surface area contributed by atoms with Gasteiger partial charge in [0.05, 0.1) is 29.9 Å². The maximum absolute atomic E-state index is 11.6. The highest BCUT2D eigenvalue weighted by molar-refractivity contribution is 5.71. The van der Waals surface area contributed by atoms with Crippen LogP contribution >= 0.6 is 0 Å². The summed E-state index contributed by atoms with van der Waals surface area (Å²) in [7, 11) is 0. The predicted molar refractivity (Wildman–Crippen MR) is 64.9 cm³/mol. The normalized spacial score (nSPS) is 19.9. The summed E-state index contributed by atoms with van der Waals surface area (Å²) in [6.07, 6.45) is 1.13. The van der Waals surface area contributed by atoms with E-state index in [1.54, 1.807) is 13.8 Å². The molecule has 0 aromatic carbocycles. The lowest BCUT2D eigenvalue weighted by Gasteiger charge is -2.26. The van der Waals surface area contributed by atoms with E-state index in [9.17, 15) is 14.8 Å². The number of rotatable bonds is 6. The predicted octanol–water partition coefficient (Wildman–Crippen LogP) is 0.749. The van der Waals surface area contributed by atoms with Gasteiger partial charge in [0, 0.05) is 0 Å². The third-order valence-corrected chi connectivity index (χ3v) is 2.84. The van der Waals surface area contributed by atoms with E-state index < -0.39 is 24.6 Å². The van der Waals surface area contributed by atoms with Crippen molar-refractivity contribution in [1.82, 2.24) is 5.01 Å². The molecule has 1 heterocycles. The van der Waals surface area contributed by atoms with Crippen LogP contribution in [-0.2, 0) is 19.2 Å². The molecule has 9 heteroatoms. The lowest BCUT2D eigenvalue weighted by atomic mass is 10.00. The molecule has 114 valence electrons. The van der Waals surface area contributed by atoms with Gasteiger partial charge in [0.25, 0.3) is 6.79 Å². The average Bonchev–Trinajstić information content (AvgIpc) is 2.43. The molecule has 0 saturated carbocycles. The van der Waals surface area contributed by atoms with Gasteiger partial charge in [-0.15, -0.1) is 5.01 Å². The Morgan fingerprint density at radius 1 is 1.55 bits per heavy atom. The molecule has 9 nitrogen and oxygen atoms in total. The monoisotopic (exact) mass is 289 g/mol. The molecule has 0 aromatic heterocycles. The van der Waals surface area contributed by atoms with E-state index in [1.165, 1.54) is 5.01 Å². The molecule has 0 aromatic rings. The first-order valence-electron chi connectivity index (χ1n) is 6.36. The Kier molecular flexibility index (Phi) is 6.01. The topological polar surface area (TPSA) is 114 Å². The molecule has 0 radical (unpaired) electrons. The van der Waals surface area contributed by atoms with E-state index in [-0.39, 0.29) is 17.4 Å². The molecule has 0 aliphatic carbocycles. The van der Waals surface area contributed by atoms with Gasteiger partial charge in [-0.05, 0) is 12.8 Å². The Hall–Kier alpha value is -2.06. The number of piperidine rings is 1. The van der Waals surface area contributed by atoms with Crippen LogP contribution in [0, 0.1) is 17.0 Å². The van der Waals surface area contributed by atoms with Crippen molar-refractivity contribution in [3.05, 3.63) is 5.21 Å². The maximum Gasteiger partial charge on any atom is 0.311 e. The van der Waals surface area contributed by atoms with E-state index in [4.69, 9.17) is 5.11 Å². The van der Waals surface area contributed by atoms with Crippen LogP contribution < -0.4 is 0 Å². The summed E-state index contributed by atoms with van der Waals surface area (Å²) in [5.74, 6) is -2.27. The van der Waals surface area contributed by atoms with E-state index in [0.29, 0.717) is 19.4 Å². The minimum atomic E-state index is -0.935. The molecule has 1 saturated heterocycles. The van der Waals surface area contributed by atoms with Gasteiger partial charge in [0.15, 0.2) is 0 Å². The second-order valence-electron chi connectivity index (χ2n) is 4.79. The van der Waals surface area contributed by atoms with Crippen LogP contribution in [0.4, 0.5) is 0 Å². The number of esters is 1. The number of hydrazine groups is 1. The second kappa shape index (κ2) is 7.51.